The molecular formula is C105H91BN2. The first-order chi connectivity index (χ1) is 54.2. The van der Waals surface area contributed by atoms with Gasteiger partial charge >= 0.3 is 0 Å². The smallest absolute Gasteiger partial charge is 0.252 e. The molecule has 2 heterocycles. The van der Waals surface area contributed by atoms with Gasteiger partial charge in [0.05, 0.1) is 23.6 Å². The second kappa shape index (κ2) is 25.7. The molecule has 3 heteroatoms. The highest BCUT2D eigenvalue weighted by molar-refractivity contribution is 7.00. The molecule has 0 amide bonds. The molecule has 0 aromatic heterocycles. The zero-order valence-corrected chi connectivity index (χ0v) is 63.8. The minimum Gasteiger partial charge on any atom is -0.310 e. The predicted octanol–water partition coefficient (Wildman–Crippen LogP) is 26.5. The van der Waals surface area contributed by atoms with Gasteiger partial charge in [-0.05, 0) is 204 Å². The van der Waals surface area contributed by atoms with Gasteiger partial charge in [0.25, 0.3) is 6.71 Å². The Morgan fingerprint density at radius 3 is 1.28 bits per heavy atom. The number of hydrogen-bond donors (Lipinski definition) is 0. The quantitative estimate of drug-likeness (QED) is 0.126. The highest BCUT2D eigenvalue weighted by Gasteiger charge is 2.50. The molecule has 0 N–H and O–H groups in total. The van der Waals surface area contributed by atoms with E-state index in [9.17, 15) is 5.48 Å². The average molecular weight is 1400 g/mol. The van der Waals surface area contributed by atoms with E-state index in [1.807, 2.05) is 6.07 Å². The number of rotatable bonds is 10. The van der Waals surface area contributed by atoms with Crippen LogP contribution in [0.3, 0.4) is 0 Å². The highest BCUT2D eigenvalue weighted by Crippen LogP contribution is 2.61. The fourth-order valence-corrected chi connectivity index (χ4v) is 17.6. The zero-order valence-electron chi connectivity index (χ0n) is 68.8. The zero-order chi connectivity index (χ0) is 78.5. The lowest BCUT2D eigenvalue weighted by Gasteiger charge is -2.47. The fourth-order valence-electron chi connectivity index (χ4n) is 17.6. The van der Waals surface area contributed by atoms with Gasteiger partial charge in [-0.15, -0.1) is 0 Å². The maximum Gasteiger partial charge on any atom is 0.252 e. The second-order valence-corrected chi connectivity index (χ2v) is 34.0. The van der Waals surface area contributed by atoms with Crippen LogP contribution in [0.2, 0.25) is 0 Å². The standard InChI is InChI=1S/C105H91BN2/c1-101(2,3)77-46-32-47-78(61-77)105(79-55-52-69-36-28-29-45-74(69)58-79)90-51-31-30-48-84(90)85-50-33-49-83(97(85)105)76-53-56-91-94(60-76)108(100-88(72-41-24-16-25-42-72)64-81(103(7,8)9)65-89(100)73-43-26-17-27-44-73)96-67-82(104(10,11)12)66-95-98(96)106(91)92-59-75(68-34-18-13-19-35-68)54-57-93(92)107(95)99-86(70-37-20-14-21-38-70)62-80(102(4,5)6)63-87(99)71-39-22-15-23-40-71/h13-67H,1-12H3/i13D,18D,19D,34D,35D. The monoisotopic (exact) mass is 1400 g/mol. The van der Waals surface area contributed by atoms with Gasteiger partial charge in [0.15, 0.2) is 0 Å². The lowest BCUT2D eigenvalue weighted by atomic mass is 9.33. The van der Waals surface area contributed by atoms with Crippen LogP contribution < -0.4 is 26.2 Å². The van der Waals surface area contributed by atoms with E-state index in [2.05, 4.69) is 390 Å². The number of fused-ring (bicyclic) bond motifs is 8. The van der Waals surface area contributed by atoms with Crippen molar-refractivity contribution in [2.24, 2.45) is 0 Å². The van der Waals surface area contributed by atoms with E-state index < -0.39 is 23.6 Å². The third-order valence-electron chi connectivity index (χ3n) is 23.2. The van der Waals surface area contributed by atoms with Crippen molar-refractivity contribution >= 4 is 68.0 Å². The summed E-state index contributed by atoms with van der Waals surface area (Å²) in [6, 6.07) is 112. The summed E-state index contributed by atoms with van der Waals surface area (Å²) in [6.07, 6.45) is 0. The van der Waals surface area contributed by atoms with Crippen LogP contribution >= 0.6 is 0 Å². The number of anilines is 6. The SMILES string of the molecule is [2H]c1c([2H])c([2H])c(-c2ccc3c(c2)B2c4ccc(-c5cccc6c5C(c5cccc(C(C)(C)C)c5)(c5ccc7ccccc7c5)c5ccccc5-6)cc4N(c4c(-c5ccccc5)cc(C(C)(C)C)cc4-c4ccccc4)c4cc(C(C)(C)C)cc(c42)N3c2c(-c3ccccc3)cc(C(C)(C)C)cc2-c2ccccc2)c([2H])c1[2H]. The summed E-state index contributed by atoms with van der Waals surface area (Å²) in [5.41, 5.74) is 30.5. The molecule has 0 spiro atoms. The Bertz CT molecular complexity index is 6210. The highest BCUT2D eigenvalue weighted by atomic mass is 15.2. The largest absolute Gasteiger partial charge is 0.310 e. The number of benzene rings is 15. The lowest BCUT2D eigenvalue weighted by Crippen LogP contribution is -2.61. The van der Waals surface area contributed by atoms with Crippen LogP contribution in [0.5, 0.6) is 0 Å². The first-order valence-corrected chi connectivity index (χ1v) is 38.2. The predicted molar refractivity (Wildman–Crippen MR) is 463 cm³/mol. The van der Waals surface area contributed by atoms with E-state index in [1.54, 1.807) is 0 Å². The first kappa shape index (κ1) is 62.4. The van der Waals surface area contributed by atoms with Gasteiger partial charge in [-0.1, -0.05) is 362 Å². The molecule has 0 saturated heterocycles. The van der Waals surface area contributed by atoms with Crippen LogP contribution in [-0.2, 0) is 27.1 Å². The third kappa shape index (κ3) is 11.3. The van der Waals surface area contributed by atoms with Crippen molar-refractivity contribution in [1.29, 1.82) is 0 Å². The summed E-state index contributed by atoms with van der Waals surface area (Å²) in [5, 5.41) is 2.36. The van der Waals surface area contributed by atoms with Gasteiger partial charge in [0, 0.05) is 45.0 Å². The molecule has 524 valence electrons. The Morgan fingerprint density at radius 2 is 0.731 bits per heavy atom. The summed E-state index contributed by atoms with van der Waals surface area (Å²) in [4.78, 5) is 5.20. The van der Waals surface area contributed by atoms with Gasteiger partial charge < -0.3 is 9.80 Å². The summed E-state index contributed by atoms with van der Waals surface area (Å²) in [5.74, 6) is 0. The Labute approximate surface area is 646 Å². The minimum atomic E-state index is -0.815. The molecule has 1 unspecified atom stereocenters. The summed E-state index contributed by atoms with van der Waals surface area (Å²) >= 11 is 0. The van der Waals surface area contributed by atoms with Crippen LogP contribution in [0.1, 0.15) is 134 Å². The molecule has 0 radical (unpaired) electrons. The Hall–Kier alpha value is -11.8. The molecule has 1 aliphatic carbocycles. The molecule has 18 rings (SSSR count). The fraction of sp³-hybridized carbons (Fsp3) is 0.162. The van der Waals surface area contributed by atoms with Crippen molar-refractivity contribution in [3.05, 3.63) is 378 Å². The first-order valence-electron chi connectivity index (χ1n) is 40.7. The molecule has 15 aromatic rings. The molecule has 1 atom stereocenters. The second-order valence-electron chi connectivity index (χ2n) is 34.0. The Balaban J connectivity index is 1.03. The summed E-state index contributed by atoms with van der Waals surface area (Å²) < 4.78 is 46.8. The number of hydrogen-bond acceptors (Lipinski definition) is 2. The van der Waals surface area contributed by atoms with Crippen LogP contribution in [0.15, 0.2) is 334 Å². The van der Waals surface area contributed by atoms with Gasteiger partial charge in [-0.3, -0.25) is 0 Å². The van der Waals surface area contributed by atoms with Crippen LogP contribution in [0, 0.1) is 0 Å². The Kier molecular flexibility index (Phi) is 14.9. The Morgan fingerprint density at radius 1 is 0.278 bits per heavy atom. The molecular weight excluding hydrogens is 1300 g/mol. The van der Waals surface area contributed by atoms with Crippen molar-refractivity contribution in [2.75, 3.05) is 9.80 Å². The van der Waals surface area contributed by atoms with Gasteiger partial charge in [-0.2, -0.15) is 0 Å². The van der Waals surface area contributed by atoms with E-state index in [0.717, 1.165) is 112 Å². The molecule has 2 nitrogen and oxygen atoms in total. The third-order valence-corrected chi connectivity index (χ3v) is 23.2. The maximum atomic E-state index is 9.74. The molecule has 2 aliphatic heterocycles. The van der Waals surface area contributed by atoms with Crippen molar-refractivity contribution in [3.8, 4) is 77.9 Å². The minimum absolute atomic E-state index is 0.151. The summed E-state index contributed by atoms with van der Waals surface area (Å²) in [6.45, 7) is 27.3. The normalized spacial score (nSPS) is 15.1. The van der Waals surface area contributed by atoms with E-state index in [1.165, 1.54) is 60.8 Å². The number of nitrogens with zero attached hydrogens (tertiary/aromatic N) is 2. The lowest BCUT2D eigenvalue weighted by molar-refractivity contribution is 0.587. The maximum absolute atomic E-state index is 9.74. The van der Waals surface area contributed by atoms with Crippen LogP contribution in [0.4, 0.5) is 34.1 Å². The molecule has 108 heavy (non-hydrogen) atoms. The summed E-state index contributed by atoms with van der Waals surface area (Å²) in [7, 11) is 0. The molecule has 15 aromatic carbocycles. The van der Waals surface area contributed by atoms with Crippen molar-refractivity contribution in [1.82, 2.24) is 0 Å². The average Bonchev–Trinajstić information content (AvgIpc) is 1.66. The van der Waals surface area contributed by atoms with Crippen LogP contribution in [-0.4, -0.2) is 6.71 Å². The molecule has 0 fully saturated rings. The van der Waals surface area contributed by atoms with E-state index in [-0.39, 0.29) is 46.0 Å². The van der Waals surface area contributed by atoms with E-state index in [0.29, 0.717) is 5.56 Å². The van der Waals surface area contributed by atoms with E-state index >= 15 is 0 Å². The molecule has 0 bridgehead atoms. The van der Waals surface area contributed by atoms with Crippen LogP contribution in [0.25, 0.3) is 88.7 Å². The topological polar surface area (TPSA) is 6.48 Å². The van der Waals surface area contributed by atoms with Gasteiger partial charge in [0.2, 0.25) is 0 Å². The van der Waals surface area contributed by atoms with E-state index in [4.69, 9.17) is 1.37 Å². The van der Waals surface area contributed by atoms with Crippen molar-refractivity contribution in [2.45, 2.75) is 110 Å². The van der Waals surface area contributed by atoms with Crippen molar-refractivity contribution in [3.63, 3.8) is 0 Å². The molecule has 3 aliphatic rings. The van der Waals surface area contributed by atoms with Crippen molar-refractivity contribution < 1.29 is 6.85 Å². The van der Waals surface area contributed by atoms with Gasteiger partial charge in [0.1, 0.15) is 0 Å². The van der Waals surface area contributed by atoms with Gasteiger partial charge in [-0.25, -0.2) is 0 Å². The molecule has 0 saturated carbocycles.